The molecule has 0 aromatic rings. The summed E-state index contributed by atoms with van der Waals surface area (Å²) in [7, 11) is 0. The van der Waals surface area contributed by atoms with Gasteiger partial charge in [-0.15, -0.1) is 0 Å². The average molecular weight is 284 g/mol. The quantitative estimate of drug-likeness (QED) is 0.798. The van der Waals surface area contributed by atoms with Crippen molar-refractivity contribution in [3.05, 3.63) is 0 Å². The molecule has 2 heterocycles. The second-order valence-corrected chi connectivity index (χ2v) is 6.97. The van der Waals surface area contributed by atoms with E-state index < -0.39 is 11.7 Å². The SMILES string of the molecule is CC(C)(C)OC(=O)N1C[C@@H](O)[C@H](N2CCCCCC2)C1. The van der Waals surface area contributed by atoms with E-state index in [2.05, 4.69) is 4.90 Å². The molecule has 0 spiro atoms. The molecule has 1 amide bonds. The molecule has 5 nitrogen and oxygen atoms in total. The van der Waals surface area contributed by atoms with Crippen LogP contribution < -0.4 is 0 Å². The number of ether oxygens (including phenoxy) is 1. The number of β-amino-alcohol motifs (C(OH)–C–C–N with tert-alkyl or cyclic N) is 1. The number of carbonyl (C=O) groups is 1. The van der Waals surface area contributed by atoms with Gasteiger partial charge in [-0.25, -0.2) is 4.79 Å². The van der Waals surface area contributed by atoms with Crippen LogP contribution in [0.5, 0.6) is 0 Å². The van der Waals surface area contributed by atoms with E-state index in [9.17, 15) is 9.90 Å². The first-order chi connectivity index (χ1) is 9.37. The molecule has 1 N–H and O–H groups in total. The van der Waals surface area contributed by atoms with Crippen LogP contribution in [0.1, 0.15) is 46.5 Å². The second kappa shape index (κ2) is 6.31. The largest absolute Gasteiger partial charge is 0.444 e. The highest BCUT2D eigenvalue weighted by molar-refractivity contribution is 5.68. The molecule has 2 fully saturated rings. The van der Waals surface area contributed by atoms with Crippen LogP contribution in [-0.4, -0.2) is 64.9 Å². The Morgan fingerprint density at radius 2 is 1.70 bits per heavy atom. The molecule has 2 atom stereocenters. The van der Waals surface area contributed by atoms with Gasteiger partial charge in [0, 0.05) is 6.54 Å². The number of rotatable bonds is 1. The van der Waals surface area contributed by atoms with Crippen molar-refractivity contribution in [1.29, 1.82) is 0 Å². The van der Waals surface area contributed by atoms with Crippen molar-refractivity contribution >= 4 is 6.09 Å². The number of nitrogens with zero attached hydrogens (tertiary/aromatic N) is 2. The third kappa shape index (κ3) is 4.09. The number of likely N-dealkylation sites (tertiary alicyclic amines) is 2. The molecule has 116 valence electrons. The van der Waals surface area contributed by atoms with Crippen molar-refractivity contribution < 1.29 is 14.6 Å². The van der Waals surface area contributed by atoms with E-state index in [-0.39, 0.29) is 12.1 Å². The first kappa shape index (κ1) is 15.6. The van der Waals surface area contributed by atoms with Crippen LogP contribution in [0.25, 0.3) is 0 Å². The molecule has 0 aromatic heterocycles. The number of hydrogen-bond acceptors (Lipinski definition) is 4. The zero-order valence-electron chi connectivity index (χ0n) is 13.0. The molecular formula is C15H28N2O3. The van der Waals surface area contributed by atoms with Crippen LogP contribution in [0, 0.1) is 0 Å². The molecule has 2 aliphatic rings. The van der Waals surface area contributed by atoms with Gasteiger partial charge < -0.3 is 14.7 Å². The van der Waals surface area contributed by atoms with Crippen molar-refractivity contribution in [3.8, 4) is 0 Å². The van der Waals surface area contributed by atoms with E-state index in [0.717, 1.165) is 13.1 Å². The second-order valence-electron chi connectivity index (χ2n) is 6.97. The molecule has 2 saturated heterocycles. The fourth-order valence-corrected chi connectivity index (χ4v) is 3.03. The summed E-state index contributed by atoms with van der Waals surface area (Å²) in [5.74, 6) is 0. The van der Waals surface area contributed by atoms with Gasteiger partial charge in [-0.05, 0) is 46.7 Å². The van der Waals surface area contributed by atoms with Gasteiger partial charge >= 0.3 is 6.09 Å². The van der Waals surface area contributed by atoms with Gasteiger partial charge in [0.1, 0.15) is 5.60 Å². The van der Waals surface area contributed by atoms with Gasteiger partial charge in [0.2, 0.25) is 0 Å². The van der Waals surface area contributed by atoms with Gasteiger partial charge in [0.05, 0.1) is 18.7 Å². The Hall–Kier alpha value is -0.810. The summed E-state index contributed by atoms with van der Waals surface area (Å²) in [5.41, 5.74) is -0.483. The highest BCUT2D eigenvalue weighted by Gasteiger charge is 2.39. The summed E-state index contributed by atoms with van der Waals surface area (Å²) in [6.07, 6.45) is 4.16. The van der Waals surface area contributed by atoms with Gasteiger partial charge in [-0.1, -0.05) is 12.8 Å². The monoisotopic (exact) mass is 284 g/mol. The van der Waals surface area contributed by atoms with E-state index in [0.29, 0.717) is 13.1 Å². The third-order valence-corrected chi connectivity index (χ3v) is 4.02. The highest BCUT2D eigenvalue weighted by atomic mass is 16.6. The summed E-state index contributed by atoms with van der Waals surface area (Å²) < 4.78 is 5.39. The van der Waals surface area contributed by atoms with Crippen LogP contribution in [0.15, 0.2) is 0 Å². The van der Waals surface area contributed by atoms with Crippen LogP contribution >= 0.6 is 0 Å². The Morgan fingerprint density at radius 3 is 2.25 bits per heavy atom. The number of aliphatic hydroxyl groups is 1. The van der Waals surface area contributed by atoms with E-state index in [1.165, 1.54) is 25.7 Å². The lowest BCUT2D eigenvalue weighted by atomic mass is 10.1. The lowest BCUT2D eigenvalue weighted by molar-refractivity contribution is 0.0269. The minimum atomic E-state index is -0.483. The van der Waals surface area contributed by atoms with Crippen molar-refractivity contribution in [2.75, 3.05) is 26.2 Å². The molecule has 20 heavy (non-hydrogen) atoms. The van der Waals surface area contributed by atoms with E-state index in [1.807, 2.05) is 20.8 Å². The third-order valence-electron chi connectivity index (χ3n) is 4.02. The Morgan fingerprint density at radius 1 is 1.10 bits per heavy atom. The maximum absolute atomic E-state index is 12.1. The zero-order chi connectivity index (χ0) is 14.8. The average Bonchev–Trinajstić information content (AvgIpc) is 2.57. The first-order valence-corrected chi connectivity index (χ1v) is 7.77. The van der Waals surface area contributed by atoms with Crippen LogP contribution in [-0.2, 0) is 4.74 Å². The Balaban J connectivity index is 1.92. The lowest BCUT2D eigenvalue weighted by Gasteiger charge is -2.29. The zero-order valence-corrected chi connectivity index (χ0v) is 13.0. The predicted octanol–water partition coefficient (Wildman–Crippen LogP) is 1.84. The van der Waals surface area contributed by atoms with Gasteiger partial charge in [-0.2, -0.15) is 0 Å². The Bertz CT molecular complexity index is 333. The fraction of sp³-hybridized carbons (Fsp3) is 0.933. The maximum Gasteiger partial charge on any atom is 0.410 e. The van der Waals surface area contributed by atoms with E-state index >= 15 is 0 Å². The van der Waals surface area contributed by atoms with Gasteiger partial charge in [0.15, 0.2) is 0 Å². The summed E-state index contributed by atoms with van der Waals surface area (Å²) in [5, 5.41) is 10.3. The van der Waals surface area contributed by atoms with Crippen molar-refractivity contribution in [2.24, 2.45) is 0 Å². The molecular weight excluding hydrogens is 256 g/mol. The molecule has 0 aromatic carbocycles. The summed E-state index contributed by atoms with van der Waals surface area (Å²) in [6.45, 7) is 8.62. The molecule has 0 radical (unpaired) electrons. The summed E-state index contributed by atoms with van der Waals surface area (Å²) in [4.78, 5) is 16.1. The van der Waals surface area contributed by atoms with Gasteiger partial charge in [0.25, 0.3) is 0 Å². The minimum Gasteiger partial charge on any atom is -0.444 e. The number of hydrogen-bond donors (Lipinski definition) is 1. The molecule has 0 bridgehead atoms. The first-order valence-electron chi connectivity index (χ1n) is 7.77. The van der Waals surface area contributed by atoms with Crippen molar-refractivity contribution in [1.82, 2.24) is 9.80 Å². The summed E-state index contributed by atoms with van der Waals surface area (Å²) in [6, 6.07) is 0.0700. The molecule has 2 aliphatic heterocycles. The van der Waals surface area contributed by atoms with Crippen LogP contribution in [0.2, 0.25) is 0 Å². The fourth-order valence-electron chi connectivity index (χ4n) is 3.03. The van der Waals surface area contributed by atoms with E-state index in [4.69, 9.17) is 4.74 Å². The minimum absolute atomic E-state index is 0.0700. The van der Waals surface area contributed by atoms with Crippen LogP contribution in [0.4, 0.5) is 4.79 Å². The van der Waals surface area contributed by atoms with E-state index in [1.54, 1.807) is 4.90 Å². The Kier molecular flexibility index (Phi) is 4.91. The Labute approximate surface area is 121 Å². The molecule has 0 saturated carbocycles. The highest BCUT2D eigenvalue weighted by Crippen LogP contribution is 2.22. The predicted molar refractivity (Wildman–Crippen MR) is 77.6 cm³/mol. The summed E-state index contributed by atoms with van der Waals surface area (Å²) >= 11 is 0. The molecule has 0 aliphatic carbocycles. The number of aliphatic hydroxyl groups excluding tert-OH is 1. The van der Waals surface area contributed by atoms with Crippen molar-refractivity contribution in [3.63, 3.8) is 0 Å². The molecule has 0 unspecified atom stereocenters. The topological polar surface area (TPSA) is 53.0 Å². The smallest absolute Gasteiger partial charge is 0.410 e. The molecule has 5 heteroatoms. The van der Waals surface area contributed by atoms with Crippen molar-refractivity contribution in [2.45, 2.75) is 64.2 Å². The number of amides is 1. The van der Waals surface area contributed by atoms with Crippen LogP contribution in [0.3, 0.4) is 0 Å². The standard InChI is InChI=1S/C15H28N2O3/c1-15(2,3)20-14(19)17-10-12(13(18)11-17)16-8-6-4-5-7-9-16/h12-13,18H,4-11H2,1-3H3/t12-,13-/m1/s1. The number of carbonyl (C=O) groups excluding carboxylic acids is 1. The van der Waals surface area contributed by atoms with Gasteiger partial charge in [-0.3, -0.25) is 4.90 Å². The lowest BCUT2D eigenvalue weighted by Crippen LogP contribution is -2.44. The normalized spacial score (nSPS) is 29.3. The maximum atomic E-state index is 12.1. The molecule has 2 rings (SSSR count).